The number of aromatic nitrogens is 1. The Labute approximate surface area is 109 Å². The van der Waals surface area contributed by atoms with Gasteiger partial charge in [-0.1, -0.05) is 29.3 Å². The number of thiazole rings is 1. The highest BCUT2D eigenvalue weighted by Crippen LogP contribution is 2.29. The molecule has 0 atom stereocenters. The number of halogens is 1. The lowest BCUT2D eigenvalue weighted by Crippen LogP contribution is -1.82. The van der Waals surface area contributed by atoms with Crippen LogP contribution in [-0.4, -0.2) is 4.98 Å². The molecule has 0 unspecified atom stereocenters. The minimum atomic E-state index is 0.622. The van der Waals surface area contributed by atoms with E-state index in [-0.39, 0.29) is 0 Å². The minimum absolute atomic E-state index is 0.622. The van der Waals surface area contributed by atoms with Crippen LogP contribution in [0.4, 0.5) is 0 Å². The van der Waals surface area contributed by atoms with Crippen LogP contribution in [0.1, 0.15) is 16.0 Å². The number of hydrogen-bond donors (Lipinski definition) is 0. The Morgan fingerprint density at radius 1 is 1.38 bits per heavy atom. The van der Waals surface area contributed by atoms with E-state index in [4.69, 9.17) is 11.6 Å². The first-order valence-electron chi connectivity index (χ1n) is 4.95. The van der Waals surface area contributed by atoms with E-state index >= 15 is 0 Å². The first kappa shape index (κ1) is 12.0. The van der Waals surface area contributed by atoms with Gasteiger partial charge in [0.2, 0.25) is 0 Å². The second-order valence-corrected chi connectivity index (χ2v) is 6.35. The average Bonchev–Trinajstić information content (AvgIpc) is 2.63. The molecule has 16 heavy (non-hydrogen) atoms. The van der Waals surface area contributed by atoms with E-state index in [0.717, 1.165) is 5.75 Å². The van der Waals surface area contributed by atoms with Crippen molar-refractivity contribution in [3.05, 3.63) is 44.9 Å². The van der Waals surface area contributed by atoms with Crippen molar-refractivity contribution in [3.8, 4) is 0 Å². The standard InChI is InChI=1S/C12H12ClNS2/c1-8-3-4-11(9(2)5-8)15-7-10-6-14-12(13)16-10/h3-6H,7H2,1-2H3. The topological polar surface area (TPSA) is 12.9 Å². The molecular weight excluding hydrogens is 258 g/mol. The molecule has 0 N–H and O–H groups in total. The summed E-state index contributed by atoms with van der Waals surface area (Å²) in [5.41, 5.74) is 2.64. The van der Waals surface area contributed by atoms with Crippen molar-refractivity contribution in [2.75, 3.05) is 0 Å². The highest BCUT2D eigenvalue weighted by molar-refractivity contribution is 7.98. The maximum absolute atomic E-state index is 5.79. The SMILES string of the molecule is Cc1ccc(SCc2cnc(Cl)s2)c(C)c1. The van der Waals surface area contributed by atoms with Gasteiger partial charge in [-0.15, -0.1) is 23.1 Å². The second kappa shape index (κ2) is 5.21. The Balaban J connectivity index is 2.04. The highest BCUT2D eigenvalue weighted by atomic mass is 35.5. The molecule has 84 valence electrons. The summed E-state index contributed by atoms with van der Waals surface area (Å²) in [7, 11) is 0. The third-order valence-electron chi connectivity index (χ3n) is 2.23. The van der Waals surface area contributed by atoms with Gasteiger partial charge in [-0.25, -0.2) is 4.98 Å². The maximum Gasteiger partial charge on any atom is 0.183 e. The van der Waals surface area contributed by atoms with Crippen LogP contribution in [0.5, 0.6) is 0 Å². The third kappa shape index (κ3) is 3.00. The van der Waals surface area contributed by atoms with Crippen molar-refractivity contribution in [1.29, 1.82) is 0 Å². The molecule has 0 aliphatic carbocycles. The lowest BCUT2D eigenvalue weighted by molar-refractivity contribution is 1.26. The van der Waals surface area contributed by atoms with Crippen LogP contribution in [0.25, 0.3) is 0 Å². The van der Waals surface area contributed by atoms with Crippen LogP contribution in [0, 0.1) is 13.8 Å². The molecule has 0 spiro atoms. The number of nitrogens with zero attached hydrogens (tertiary/aromatic N) is 1. The van der Waals surface area contributed by atoms with Crippen molar-refractivity contribution >= 4 is 34.7 Å². The lowest BCUT2D eigenvalue weighted by Gasteiger charge is -2.05. The molecule has 1 aromatic heterocycles. The maximum atomic E-state index is 5.79. The second-order valence-electron chi connectivity index (χ2n) is 3.64. The molecule has 0 saturated heterocycles. The zero-order chi connectivity index (χ0) is 11.5. The summed E-state index contributed by atoms with van der Waals surface area (Å²) in [6, 6.07) is 6.54. The summed E-state index contributed by atoms with van der Waals surface area (Å²) < 4.78 is 0.622. The van der Waals surface area contributed by atoms with Crippen molar-refractivity contribution in [3.63, 3.8) is 0 Å². The van der Waals surface area contributed by atoms with Crippen LogP contribution >= 0.6 is 34.7 Å². The van der Waals surface area contributed by atoms with Gasteiger partial charge in [0.25, 0.3) is 0 Å². The molecule has 0 radical (unpaired) electrons. The molecular formula is C12H12ClNS2. The predicted molar refractivity (Wildman–Crippen MR) is 72.6 cm³/mol. The van der Waals surface area contributed by atoms with Gasteiger partial charge in [0.1, 0.15) is 0 Å². The van der Waals surface area contributed by atoms with E-state index in [0.29, 0.717) is 4.47 Å². The molecule has 0 amide bonds. The molecule has 2 aromatic rings. The van der Waals surface area contributed by atoms with E-state index in [1.165, 1.54) is 20.9 Å². The van der Waals surface area contributed by atoms with Gasteiger partial charge < -0.3 is 0 Å². The normalized spacial score (nSPS) is 10.7. The number of benzene rings is 1. The molecule has 0 bridgehead atoms. The lowest BCUT2D eigenvalue weighted by atomic mass is 10.2. The zero-order valence-corrected chi connectivity index (χ0v) is 11.5. The Kier molecular flexibility index (Phi) is 3.90. The molecule has 0 aliphatic rings. The van der Waals surface area contributed by atoms with Gasteiger partial charge >= 0.3 is 0 Å². The van der Waals surface area contributed by atoms with Gasteiger partial charge in [0, 0.05) is 21.7 Å². The number of hydrogen-bond acceptors (Lipinski definition) is 3. The fraction of sp³-hybridized carbons (Fsp3) is 0.250. The van der Waals surface area contributed by atoms with Gasteiger partial charge in [-0.05, 0) is 25.5 Å². The van der Waals surface area contributed by atoms with Crippen molar-refractivity contribution < 1.29 is 0 Å². The van der Waals surface area contributed by atoms with Crippen LogP contribution in [-0.2, 0) is 5.75 Å². The summed E-state index contributed by atoms with van der Waals surface area (Å²) in [5, 5.41) is 0. The fourth-order valence-corrected chi connectivity index (χ4v) is 3.47. The van der Waals surface area contributed by atoms with E-state index < -0.39 is 0 Å². The van der Waals surface area contributed by atoms with Crippen molar-refractivity contribution in [2.45, 2.75) is 24.5 Å². The summed E-state index contributed by atoms with van der Waals surface area (Å²) in [6.45, 7) is 4.26. The minimum Gasteiger partial charge on any atom is -0.233 e. The molecule has 0 saturated carbocycles. The predicted octanol–water partition coefficient (Wildman–Crippen LogP) is 4.71. The molecule has 0 aliphatic heterocycles. The highest BCUT2D eigenvalue weighted by Gasteiger charge is 2.03. The van der Waals surface area contributed by atoms with E-state index in [1.807, 2.05) is 18.0 Å². The van der Waals surface area contributed by atoms with Crippen LogP contribution < -0.4 is 0 Å². The summed E-state index contributed by atoms with van der Waals surface area (Å²) in [6.07, 6.45) is 1.85. The average molecular weight is 270 g/mol. The Morgan fingerprint density at radius 2 is 2.19 bits per heavy atom. The molecule has 0 fully saturated rings. The van der Waals surface area contributed by atoms with Crippen molar-refractivity contribution in [1.82, 2.24) is 4.98 Å². The first-order valence-corrected chi connectivity index (χ1v) is 7.13. The van der Waals surface area contributed by atoms with E-state index in [2.05, 4.69) is 37.0 Å². The van der Waals surface area contributed by atoms with E-state index in [9.17, 15) is 0 Å². The summed E-state index contributed by atoms with van der Waals surface area (Å²) >= 11 is 9.18. The van der Waals surface area contributed by atoms with Crippen LogP contribution in [0.15, 0.2) is 29.3 Å². The molecule has 2 rings (SSSR count). The molecule has 1 aromatic carbocycles. The smallest absolute Gasteiger partial charge is 0.183 e. The van der Waals surface area contributed by atoms with E-state index in [1.54, 1.807) is 11.3 Å². The largest absolute Gasteiger partial charge is 0.233 e. The zero-order valence-electron chi connectivity index (χ0n) is 9.16. The van der Waals surface area contributed by atoms with Gasteiger partial charge in [-0.3, -0.25) is 0 Å². The first-order chi connectivity index (χ1) is 7.65. The van der Waals surface area contributed by atoms with Gasteiger partial charge in [0.05, 0.1) is 0 Å². The Bertz CT molecular complexity index is 494. The number of rotatable bonds is 3. The Morgan fingerprint density at radius 3 is 2.81 bits per heavy atom. The van der Waals surface area contributed by atoms with Crippen molar-refractivity contribution in [2.24, 2.45) is 0 Å². The summed E-state index contributed by atoms with van der Waals surface area (Å²) in [4.78, 5) is 6.58. The quantitative estimate of drug-likeness (QED) is 0.749. The summed E-state index contributed by atoms with van der Waals surface area (Å²) in [5.74, 6) is 0.939. The number of aryl methyl sites for hydroxylation is 2. The van der Waals surface area contributed by atoms with Gasteiger partial charge in [0.15, 0.2) is 4.47 Å². The fourth-order valence-electron chi connectivity index (χ4n) is 1.46. The van der Waals surface area contributed by atoms with Gasteiger partial charge in [-0.2, -0.15) is 0 Å². The van der Waals surface area contributed by atoms with Crippen LogP contribution in [0.2, 0.25) is 4.47 Å². The monoisotopic (exact) mass is 269 g/mol. The molecule has 1 heterocycles. The third-order valence-corrected chi connectivity index (χ3v) is 4.75. The number of thioether (sulfide) groups is 1. The van der Waals surface area contributed by atoms with Crippen LogP contribution in [0.3, 0.4) is 0 Å². The molecule has 4 heteroatoms. The molecule has 1 nitrogen and oxygen atoms in total. The Hall–Kier alpha value is -0.510.